The monoisotopic (exact) mass is 271 g/mol. The van der Waals surface area contributed by atoms with E-state index < -0.39 is 17.4 Å². The van der Waals surface area contributed by atoms with E-state index in [1.165, 1.54) is 0 Å². The quantitative estimate of drug-likeness (QED) is 0.742. The number of carboxylic acids is 1. The zero-order valence-electron chi connectivity index (χ0n) is 11.9. The second-order valence-electron chi connectivity index (χ2n) is 5.25. The number of nitrogens with one attached hydrogen (secondary N) is 1. The lowest BCUT2D eigenvalue weighted by Gasteiger charge is -2.35. The smallest absolute Gasteiger partial charge is 0.326 e. The minimum Gasteiger partial charge on any atom is -0.480 e. The van der Waals surface area contributed by atoms with Gasteiger partial charge in [0.05, 0.1) is 5.41 Å². The summed E-state index contributed by atoms with van der Waals surface area (Å²) in [4.78, 5) is 23.6. The lowest BCUT2D eigenvalue weighted by atomic mass is 9.77. The SMILES string of the molecule is CCCCC(NC(=O)C1(CC)CCOCC1)C(=O)O. The third-order valence-corrected chi connectivity index (χ3v) is 4.06. The number of ether oxygens (including phenoxy) is 1. The number of rotatable bonds is 7. The average Bonchev–Trinajstić information content (AvgIpc) is 2.43. The molecule has 0 aromatic rings. The van der Waals surface area contributed by atoms with Gasteiger partial charge in [0, 0.05) is 13.2 Å². The Morgan fingerprint density at radius 1 is 1.32 bits per heavy atom. The fourth-order valence-corrected chi connectivity index (χ4v) is 2.48. The molecule has 19 heavy (non-hydrogen) atoms. The van der Waals surface area contributed by atoms with Crippen LogP contribution in [0.1, 0.15) is 52.4 Å². The van der Waals surface area contributed by atoms with Gasteiger partial charge in [-0.1, -0.05) is 26.7 Å². The Labute approximate surface area is 114 Å². The van der Waals surface area contributed by atoms with Crippen molar-refractivity contribution in [3.05, 3.63) is 0 Å². The molecule has 5 nitrogen and oxygen atoms in total. The van der Waals surface area contributed by atoms with Gasteiger partial charge in [0.15, 0.2) is 0 Å². The highest BCUT2D eigenvalue weighted by Crippen LogP contribution is 2.34. The summed E-state index contributed by atoms with van der Waals surface area (Å²) in [5.41, 5.74) is -0.446. The number of amides is 1. The van der Waals surface area contributed by atoms with Crippen LogP contribution in [-0.2, 0) is 14.3 Å². The van der Waals surface area contributed by atoms with Crippen LogP contribution in [-0.4, -0.2) is 36.2 Å². The number of carbonyl (C=O) groups excluding carboxylic acids is 1. The molecule has 1 aliphatic rings. The molecule has 0 bridgehead atoms. The number of carbonyl (C=O) groups is 2. The van der Waals surface area contributed by atoms with Gasteiger partial charge >= 0.3 is 5.97 Å². The van der Waals surface area contributed by atoms with E-state index in [9.17, 15) is 9.59 Å². The van der Waals surface area contributed by atoms with Crippen LogP contribution in [0.15, 0.2) is 0 Å². The van der Waals surface area contributed by atoms with Crippen LogP contribution in [0.3, 0.4) is 0 Å². The maximum Gasteiger partial charge on any atom is 0.326 e. The molecule has 5 heteroatoms. The minimum absolute atomic E-state index is 0.123. The van der Waals surface area contributed by atoms with E-state index in [0.29, 0.717) is 32.5 Å². The fraction of sp³-hybridized carbons (Fsp3) is 0.857. The maximum absolute atomic E-state index is 12.4. The normalized spacial score (nSPS) is 19.7. The Balaban J connectivity index is 2.65. The highest BCUT2D eigenvalue weighted by Gasteiger charge is 2.39. The second-order valence-corrected chi connectivity index (χ2v) is 5.25. The van der Waals surface area contributed by atoms with Crippen LogP contribution in [0.2, 0.25) is 0 Å². The average molecular weight is 271 g/mol. The molecule has 1 aliphatic heterocycles. The predicted molar refractivity (Wildman–Crippen MR) is 71.9 cm³/mol. The van der Waals surface area contributed by atoms with Gasteiger partial charge < -0.3 is 15.2 Å². The lowest BCUT2D eigenvalue weighted by molar-refractivity contribution is -0.146. The highest BCUT2D eigenvalue weighted by molar-refractivity contribution is 5.87. The summed E-state index contributed by atoms with van der Waals surface area (Å²) in [6.07, 6.45) is 4.30. The van der Waals surface area contributed by atoms with Crippen molar-refractivity contribution < 1.29 is 19.4 Å². The summed E-state index contributed by atoms with van der Waals surface area (Å²) in [5, 5.41) is 11.9. The molecule has 110 valence electrons. The molecule has 0 radical (unpaired) electrons. The molecule has 1 amide bonds. The molecule has 2 N–H and O–H groups in total. The van der Waals surface area contributed by atoms with Gasteiger partial charge in [-0.25, -0.2) is 4.79 Å². The van der Waals surface area contributed by atoms with E-state index in [1.807, 2.05) is 13.8 Å². The van der Waals surface area contributed by atoms with Crippen molar-refractivity contribution in [3.63, 3.8) is 0 Å². The standard InChI is InChI=1S/C14H25NO4/c1-3-5-6-11(12(16)17)15-13(18)14(4-2)7-9-19-10-8-14/h11H,3-10H2,1-2H3,(H,15,18)(H,16,17). The van der Waals surface area contributed by atoms with Gasteiger partial charge in [-0.3, -0.25) is 4.79 Å². The van der Waals surface area contributed by atoms with Crippen molar-refractivity contribution >= 4 is 11.9 Å². The lowest BCUT2D eigenvalue weighted by Crippen LogP contribution is -2.50. The minimum atomic E-state index is -0.944. The van der Waals surface area contributed by atoms with Crippen LogP contribution in [0.25, 0.3) is 0 Å². The van der Waals surface area contributed by atoms with Crippen LogP contribution >= 0.6 is 0 Å². The second kappa shape index (κ2) is 7.48. The van der Waals surface area contributed by atoms with Crippen molar-refractivity contribution in [2.24, 2.45) is 5.41 Å². The first-order chi connectivity index (χ1) is 9.05. The Kier molecular flexibility index (Phi) is 6.28. The molecular weight excluding hydrogens is 246 g/mol. The van der Waals surface area contributed by atoms with Gasteiger partial charge in [0.25, 0.3) is 0 Å². The molecule has 0 aromatic heterocycles. The Morgan fingerprint density at radius 3 is 2.42 bits per heavy atom. The van der Waals surface area contributed by atoms with Gasteiger partial charge in [-0.05, 0) is 25.7 Å². The molecule has 0 spiro atoms. The van der Waals surface area contributed by atoms with Crippen molar-refractivity contribution in [1.82, 2.24) is 5.32 Å². The van der Waals surface area contributed by atoms with Gasteiger partial charge in [-0.15, -0.1) is 0 Å². The number of aliphatic carboxylic acids is 1. The fourth-order valence-electron chi connectivity index (χ4n) is 2.48. The molecule has 0 saturated carbocycles. The maximum atomic E-state index is 12.4. The van der Waals surface area contributed by atoms with Gasteiger partial charge in [0.2, 0.25) is 5.91 Å². The Morgan fingerprint density at radius 2 is 1.95 bits per heavy atom. The van der Waals surface area contributed by atoms with Gasteiger partial charge in [0.1, 0.15) is 6.04 Å². The van der Waals surface area contributed by atoms with E-state index in [2.05, 4.69) is 5.32 Å². The summed E-state index contributed by atoms with van der Waals surface area (Å²) in [6.45, 7) is 5.14. The number of carboxylic acid groups (broad SMARTS) is 1. The first kappa shape index (κ1) is 16.0. The van der Waals surface area contributed by atoms with E-state index in [-0.39, 0.29) is 5.91 Å². The summed E-state index contributed by atoms with van der Waals surface area (Å²) in [5.74, 6) is -1.07. The molecular formula is C14H25NO4. The summed E-state index contributed by atoms with van der Waals surface area (Å²) in [7, 11) is 0. The topological polar surface area (TPSA) is 75.6 Å². The van der Waals surface area contributed by atoms with Gasteiger partial charge in [-0.2, -0.15) is 0 Å². The van der Waals surface area contributed by atoms with E-state index in [1.54, 1.807) is 0 Å². The number of unbranched alkanes of at least 4 members (excludes halogenated alkanes) is 1. The number of hydrogen-bond acceptors (Lipinski definition) is 3. The van der Waals surface area contributed by atoms with E-state index >= 15 is 0 Å². The molecule has 1 heterocycles. The van der Waals surface area contributed by atoms with Crippen molar-refractivity contribution in [2.75, 3.05) is 13.2 Å². The Bertz CT molecular complexity index is 311. The number of hydrogen-bond donors (Lipinski definition) is 2. The van der Waals surface area contributed by atoms with Crippen LogP contribution in [0.4, 0.5) is 0 Å². The molecule has 1 unspecified atom stereocenters. The van der Waals surface area contributed by atoms with Crippen LogP contribution in [0.5, 0.6) is 0 Å². The molecule has 0 aliphatic carbocycles. The zero-order valence-corrected chi connectivity index (χ0v) is 11.9. The molecule has 1 atom stereocenters. The van der Waals surface area contributed by atoms with Crippen molar-refractivity contribution in [2.45, 2.75) is 58.4 Å². The highest BCUT2D eigenvalue weighted by atomic mass is 16.5. The molecule has 0 aromatic carbocycles. The van der Waals surface area contributed by atoms with Crippen molar-refractivity contribution in [1.29, 1.82) is 0 Å². The first-order valence-electron chi connectivity index (χ1n) is 7.17. The first-order valence-corrected chi connectivity index (χ1v) is 7.17. The summed E-state index contributed by atoms with van der Waals surface area (Å²) < 4.78 is 5.30. The summed E-state index contributed by atoms with van der Waals surface area (Å²) >= 11 is 0. The van der Waals surface area contributed by atoms with E-state index in [0.717, 1.165) is 19.3 Å². The largest absolute Gasteiger partial charge is 0.480 e. The third kappa shape index (κ3) is 4.20. The van der Waals surface area contributed by atoms with Crippen LogP contribution in [0, 0.1) is 5.41 Å². The zero-order chi connectivity index (χ0) is 14.3. The Hall–Kier alpha value is -1.10. The summed E-state index contributed by atoms with van der Waals surface area (Å²) in [6, 6.07) is -0.765. The van der Waals surface area contributed by atoms with Crippen molar-refractivity contribution in [3.8, 4) is 0 Å². The molecule has 1 saturated heterocycles. The van der Waals surface area contributed by atoms with E-state index in [4.69, 9.17) is 9.84 Å². The molecule has 1 rings (SSSR count). The van der Waals surface area contributed by atoms with Crippen LogP contribution < -0.4 is 5.32 Å². The molecule has 1 fully saturated rings. The third-order valence-electron chi connectivity index (χ3n) is 4.06. The predicted octanol–water partition coefficient (Wildman–Crippen LogP) is 1.95.